The Bertz CT molecular complexity index is 395. The van der Waals surface area contributed by atoms with Crippen LogP contribution in [0.3, 0.4) is 0 Å². The summed E-state index contributed by atoms with van der Waals surface area (Å²) in [5.74, 6) is 1.09. The number of nitrogens with one attached hydrogen (secondary N) is 1. The van der Waals surface area contributed by atoms with Gasteiger partial charge in [0, 0.05) is 19.8 Å². The smallest absolute Gasteiger partial charge is 0.257 e. The topological polar surface area (TPSA) is 56.8 Å². The van der Waals surface area contributed by atoms with Crippen LogP contribution in [0.25, 0.3) is 0 Å². The summed E-state index contributed by atoms with van der Waals surface area (Å²) in [5, 5.41) is 2.78. The van der Waals surface area contributed by atoms with Gasteiger partial charge in [0.1, 0.15) is 0 Å². The molecular weight excluding hydrogens is 258 g/mol. The van der Waals surface area contributed by atoms with Crippen LogP contribution in [-0.2, 0) is 9.53 Å². The molecule has 0 aromatic heterocycles. The standard InChI is InChI=1S/C15H23NO4/c1-3-18-11-7-10-16-15(17)12-20-14-9-6-5-8-13(14)19-4-2/h5-6,8-9H,3-4,7,10-12H2,1-2H3,(H,16,17). The van der Waals surface area contributed by atoms with Gasteiger partial charge in [0.2, 0.25) is 0 Å². The Hall–Kier alpha value is -1.75. The molecule has 0 saturated carbocycles. The minimum absolute atomic E-state index is 0.0152. The summed E-state index contributed by atoms with van der Waals surface area (Å²) in [6.45, 7) is 6.35. The second-order valence-electron chi connectivity index (χ2n) is 4.07. The number of benzene rings is 1. The quantitative estimate of drug-likeness (QED) is 0.667. The van der Waals surface area contributed by atoms with Crippen LogP contribution in [0, 0.1) is 0 Å². The van der Waals surface area contributed by atoms with Crippen molar-refractivity contribution in [3.63, 3.8) is 0 Å². The Morgan fingerprint density at radius 3 is 2.45 bits per heavy atom. The summed E-state index contributed by atoms with van der Waals surface area (Å²) in [6.07, 6.45) is 0.801. The summed E-state index contributed by atoms with van der Waals surface area (Å²) in [4.78, 5) is 11.6. The van der Waals surface area contributed by atoms with E-state index in [0.717, 1.165) is 6.42 Å². The van der Waals surface area contributed by atoms with Gasteiger partial charge in [-0.15, -0.1) is 0 Å². The van der Waals surface area contributed by atoms with Crippen LogP contribution in [0.5, 0.6) is 11.5 Å². The van der Waals surface area contributed by atoms with Crippen molar-refractivity contribution in [2.24, 2.45) is 0 Å². The lowest BCUT2D eigenvalue weighted by molar-refractivity contribution is -0.123. The molecule has 5 nitrogen and oxygen atoms in total. The normalized spacial score (nSPS) is 10.1. The molecule has 0 radical (unpaired) electrons. The van der Waals surface area contributed by atoms with E-state index in [4.69, 9.17) is 14.2 Å². The molecule has 0 atom stereocenters. The molecule has 1 amide bonds. The van der Waals surface area contributed by atoms with Gasteiger partial charge < -0.3 is 19.5 Å². The van der Waals surface area contributed by atoms with Crippen LogP contribution < -0.4 is 14.8 Å². The molecule has 0 spiro atoms. The highest BCUT2D eigenvalue weighted by molar-refractivity contribution is 5.77. The van der Waals surface area contributed by atoms with E-state index >= 15 is 0 Å². The van der Waals surface area contributed by atoms with Crippen LogP contribution in [0.15, 0.2) is 24.3 Å². The maximum Gasteiger partial charge on any atom is 0.257 e. The zero-order valence-electron chi connectivity index (χ0n) is 12.2. The Balaban J connectivity index is 2.26. The first-order valence-corrected chi connectivity index (χ1v) is 6.97. The van der Waals surface area contributed by atoms with Crippen LogP contribution >= 0.6 is 0 Å². The van der Waals surface area contributed by atoms with Crippen molar-refractivity contribution < 1.29 is 19.0 Å². The number of hydrogen-bond acceptors (Lipinski definition) is 4. The van der Waals surface area contributed by atoms with Gasteiger partial charge in [-0.2, -0.15) is 0 Å². The molecule has 0 fully saturated rings. The van der Waals surface area contributed by atoms with Gasteiger partial charge in [-0.1, -0.05) is 12.1 Å². The van der Waals surface area contributed by atoms with E-state index in [1.807, 2.05) is 32.0 Å². The molecule has 1 N–H and O–H groups in total. The lowest BCUT2D eigenvalue weighted by atomic mass is 10.3. The van der Waals surface area contributed by atoms with Gasteiger partial charge in [0.05, 0.1) is 6.61 Å². The third-order valence-electron chi connectivity index (χ3n) is 2.50. The number of amides is 1. The number of carbonyl (C=O) groups is 1. The first-order valence-electron chi connectivity index (χ1n) is 6.97. The van der Waals surface area contributed by atoms with E-state index in [1.54, 1.807) is 6.07 Å². The molecule has 0 saturated heterocycles. The summed E-state index contributed by atoms with van der Waals surface area (Å²) >= 11 is 0. The maximum atomic E-state index is 11.6. The minimum Gasteiger partial charge on any atom is -0.490 e. The summed E-state index contributed by atoms with van der Waals surface area (Å²) in [7, 11) is 0. The van der Waals surface area contributed by atoms with Crippen molar-refractivity contribution in [1.29, 1.82) is 0 Å². The van der Waals surface area contributed by atoms with Crippen molar-refractivity contribution in [3.8, 4) is 11.5 Å². The van der Waals surface area contributed by atoms with E-state index in [9.17, 15) is 4.79 Å². The molecule has 112 valence electrons. The van der Waals surface area contributed by atoms with E-state index in [-0.39, 0.29) is 12.5 Å². The van der Waals surface area contributed by atoms with Crippen molar-refractivity contribution in [2.75, 3.05) is 33.0 Å². The van der Waals surface area contributed by atoms with Gasteiger partial charge >= 0.3 is 0 Å². The number of carbonyl (C=O) groups excluding carboxylic acids is 1. The molecule has 0 unspecified atom stereocenters. The number of hydrogen-bond donors (Lipinski definition) is 1. The van der Waals surface area contributed by atoms with Gasteiger partial charge in [-0.05, 0) is 32.4 Å². The van der Waals surface area contributed by atoms with E-state index in [2.05, 4.69) is 5.32 Å². The third-order valence-corrected chi connectivity index (χ3v) is 2.50. The molecule has 0 aliphatic carbocycles. The van der Waals surface area contributed by atoms with Crippen LogP contribution in [0.2, 0.25) is 0 Å². The summed E-state index contributed by atoms with van der Waals surface area (Å²) in [6, 6.07) is 7.32. The predicted octanol–water partition coefficient (Wildman–Crippen LogP) is 2.01. The molecular formula is C15H23NO4. The Morgan fingerprint density at radius 2 is 1.80 bits per heavy atom. The highest BCUT2D eigenvalue weighted by Gasteiger charge is 2.06. The first kappa shape index (κ1) is 16.3. The van der Waals surface area contributed by atoms with Gasteiger partial charge in [-0.3, -0.25) is 4.79 Å². The highest BCUT2D eigenvalue weighted by Crippen LogP contribution is 2.26. The number of para-hydroxylation sites is 2. The second-order valence-corrected chi connectivity index (χ2v) is 4.07. The van der Waals surface area contributed by atoms with E-state index in [1.165, 1.54) is 0 Å². The molecule has 5 heteroatoms. The maximum absolute atomic E-state index is 11.6. The molecule has 1 aromatic carbocycles. The van der Waals surface area contributed by atoms with E-state index in [0.29, 0.717) is 37.9 Å². The number of ether oxygens (including phenoxy) is 3. The van der Waals surface area contributed by atoms with Crippen LogP contribution in [0.1, 0.15) is 20.3 Å². The first-order chi connectivity index (χ1) is 9.77. The Morgan fingerprint density at radius 1 is 1.10 bits per heavy atom. The van der Waals surface area contributed by atoms with Crippen LogP contribution in [0.4, 0.5) is 0 Å². The summed E-state index contributed by atoms with van der Waals surface area (Å²) < 4.78 is 16.1. The van der Waals surface area contributed by atoms with E-state index < -0.39 is 0 Å². The fraction of sp³-hybridized carbons (Fsp3) is 0.533. The molecule has 1 rings (SSSR count). The van der Waals surface area contributed by atoms with Crippen molar-refractivity contribution >= 4 is 5.91 Å². The lowest BCUT2D eigenvalue weighted by Gasteiger charge is -2.11. The third kappa shape index (κ3) is 6.43. The fourth-order valence-electron chi connectivity index (χ4n) is 1.58. The SMILES string of the molecule is CCOCCCNC(=O)COc1ccccc1OCC. The van der Waals surface area contributed by atoms with Gasteiger partial charge in [0.15, 0.2) is 18.1 Å². The van der Waals surface area contributed by atoms with Crippen molar-refractivity contribution in [2.45, 2.75) is 20.3 Å². The largest absolute Gasteiger partial charge is 0.490 e. The Kier molecular flexibility index (Phi) is 8.22. The zero-order valence-corrected chi connectivity index (χ0v) is 12.2. The zero-order chi connectivity index (χ0) is 14.6. The fourth-order valence-corrected chi connectivity index (χ4v) is 1.58. The minimum atomic E-state index is -0.146. The van der Waals surface area contributed by atoms with Gasteiger partial charge in [0.25, 0.3) is 5.91 Å². The molecule has 0 aliphatic rings. The highest BCUT2D eigenvalue weighted by atomic mass is 16.5. The summed E-state index contributed by atoms with van der Waals surface area (Å²) in [5.41, 5.74) is 0. The van der Waals surface area contributed by atoms with Gasteiger partial charge in [-0.25, -0.2) is 0 Å². The molecule has 1 aromatic rings. The molecule has 0 heterocycles. The average Bonchev–Trinajstić information content (AvgIpc) is 2.46. The number of rotatable bonds is 10. The predicted molar refractivity (Wildman–Crippen MR) is 77.2 cm³/mol. The average molecular weight is 281 g/mol. The second kappa shape index (κ2) is 10.1. The Labute approximate surface area is 120 Å². The monoisotopic (exact) mass is 281 g/mol. The van der Waals surface area contributed by atoms with Crippen molar-refractivity contribution in [3.05, 3.63) is 24.3 Å². The van der Waals surface area contributed by atoms with Crippen molar-refractivity contribution in [1.82, 2.24) is 5.32 Å². The lowest BCUT2D eigenvalue weighted by Crippen LogP contribution is -2.30. The molecule has 20 heavy (non-hydrogen) atoms. The molecule has 0 bridgehead atoms. The molecule has 0 aliphatic heterocycles. The van der Waals surface area contributed by atoms with Crippen LogP contribution in [-0.4, -0.2) is 38.9 Å².